The summed E-state index contributed by atoms with van der Waals surface area (Å²) in [5, 5.41) is 7.71. The average Bonchev–Trinajstić information content (AvgIpc) is 4.06. The third kappa shape index (κ3) is 6.18. The van der Waals surface area contributed by atoms with Crippen molar-refractivity contribution in [2.45, 2.75) is 0 Å². The topological polar surface area (TPSA) is 14.8 Å². The van der Waals surface area contributed by atoms with Crippen molar-refractivity contribution in [1.29, 1.82) is 0 Å². The molecule has 3 aromatic heterocycles. The Kier molecular flexibility index (Phi) is 9.68. The molecule has 0 saturated heterocycles. The summed E-state index contributed by atoms with van der Waals surface area (Å²) in [6, 6.07) is 71.4. The Morgan fingerprint density at radius 2 is 0.700 bits per heavy atom. The molecule has 322 valence electrons. The van der Waals surface area contributed by atoms with Gasteiger partial charge >= 0.3 is 0 Å². The molecule has 0 unspecified atom stereocenters. The molecule has 10 heteroatoms. The van der Waals surface area contributed by atoms with Crippen molar-refractivity contribution in [3.8, 4) is 50.4 Å². The molecule has 0 saturated carbocycles. The van der Waals surface area contributed by atoms with Crippen molar-refractivity contribution in [2.75, 3.05) is 0 Å². The summed E-state index contributed by atoms with van der Waals surface area (Å²) in [5.41, 5.74) is 27.7. The minimum atomic E-state index is 1.15. The highest BCUT2D eigenvalue weighted by atomic mass is 15.0. The van der Waals surface area contributed by atoms with Gasteiger partial charge in [-0.1, -0.05) is 160 Å². The zero-order chi connectivity index (χ0) is 47.5. The van der Waals surface area contributed by atoms with E-state index in [-0.39, 0.29) is 0 Å². The van der Waals surface area contributed by atoms with Crippen LogP contribution in [0.15, 0.2) is 194 Å². The van der Waals surface area contributed by atoms with Gasteiger partial charge in [-0.15, -0.1) is 5.46 Å². The Labute approximate surface area is 414 Å². The largest absolute Gasteiger partial charge is 0.310 e. The summed E-state index contributed by atoms with van der Waals surface area (Å²) >= 11 is 0. The van der Waals surface area contributed by atoms with Crippen LogP contribution in [0.3, 0.4) is 0 Å². The van der Waals surface area contributed by atoms with Crippen LogP contribution < -0.4 is 38.2 Å². The van der Waals surface area contributed by atoms with Gasteiger partial charge in [0.1, 0.15) is 54.9 Å². The van der Waals surface area contributed by atoms with Gasteiger partial charge in [-0.05, 0) is 105 Å². The first-order valence-electron chi connectivity index (χ1n) is 24.6. The monoisotopic (exact) mass is 885 g/mol. The van der Waals surface area contributed by atoms with Crippen LogP contribution in [0.1, 0.15) is 0 Å². The van der Waals surface area contributed by atoms with E-state index in [0.717, 1.165) is 5.69 Å². The summed E-state index contributed by atoms with van der Waals surface area (Å²) in [6.07, 6.45) is 0. The number of fused-ring (bicyclic) bond motifs is 9. The second-order valence-corrected chi connectivity index (χ2v) is 19.5. The molecule has 3 heterocycles. The zero-order valence-electron chi connectivity index (χ0n) is 40.8. The fourth-order valence-electron chi connectivity index (χ4n) is 12.1. The highest BCUT2D eigenvalue weighted by Gasteiger charge is 2.26. The Morgan fingerprint density at radius 3 is 1.40 bits per heavy atom. The van der Waals surface area contributed by atoms with Gasteiger partial charge in [0.05, 0.1) is 22.1 Å². The van der Waals surface area contributed by atoms with Crippen LogP contribution in [-0.2, 0) is 0 Å². The Hall–Kier alpha value is -7.95. The van der Waals surface area contributed by atoms with E-state index in [0.29, 0.717) is 0 Å². The Morgan fingerprint density at radius 1 is 0.243 bits per heavy atom. The summed E-state index contributed by atoms with van der Waals surface area (Å²) in [5.74, 6) is 0. The van der Waals surface area contributed by atoms with Crippen LogP contribution in [0, 0.1) is 0 Å². The summed E-state index contributed by atoms with van der Waals surface area (Å²) < 4.78 is 7.48. The molecule has 0 bridgehead atoms. The van der Waals surface area contributed by atoms with Crippen LogP contribution >= 0.6 is 0 Å². The van der Waals surface area contributed by atoms with Gasteiger partial charge in [-0.25, -0.2) is 0 Å². The molecule has 0 aliphatic heterocycles. The van der Waals surface area contributed by atoms with Gasteiger partial charge in [0.25, 0.3) is 0 Å². The molecule has 0 amide bonds. The maximum Gasteiger partial charge on any atom is 0.141 e. The molecule has 10 aromatic carbocycles. The molecule has 0 aliphatic carbocycles. The van der Waals surface area contributed by atoms with Crippen molar-refractivity contribution < 1.29 is 0 Å². The molecule has 0 N–H and O–H groups in total. The van der Waals surface area contributed by atoms with E-state index in [1.807, 2.05) is 0 Å². The predicted molar refractivity (Wildman–Crippen MR) is 323 cm³/mol. The molecule has 0 fully saturated rings. The second-order valence-electron chi connectivity index (χ2n) is 19.5. The number of hydrogen-bond donors (Lipinski definition) is 0. The molecule has 0 aliphatic rings. The average molecular weight is 885 g/mol. The van der Waals surface area contributed by atoms with E-state index in [4.69, 9.17) is 0 Å². The molecule has 0 atom stereocenters. The van der Waals surface area contributed by atoms with Crippen molar-refractivity contribution in [3.63, 3.8) is 0 Å². The normalized spacial score (nSPS) is 11.8. The van der Waals surface area contributed by atoms with Crippen LogP contribution in [0.4, 0.5) is 0 Å². The lowest BCUT2D eigenvalue weighted by atomic mass is 9.64. The number of aromatic nitrogens is 3. The maximum atomic E-state index is 2.61. The predicted octanol–water partition coefficient (Wildman–Crippen LogP) is 3.79. The summed E-state index contributed by atoms with van der Waals surface area (Å²) in [7, 11) is 16.4. The van der Waals surface area contributed by atoms with Gasteiger partial charge in [-0.3, -0.25) is 0 Å². The van der Waals surface area contributed by atoms with Gasteiger partial charge < -0.3 is 13.7 Å². The van der Waals surface area contributed by atoms with Crippen LogP contribution in [-0.4, -0.2) is 68.6 Å². The minimum Gasteiger partial charge on any atom is -0.310 e. The van der Waals surface area contributed by atoms with Crippen molar-refractivity contribution >= 4 is 159 Å². The third-order valence-electron chi connectivity index (χ3n) is 16.0. The molecule has 13 aromatic rings. The maximum absolute atomic E-state index is 2.61. The molecule has 0 radical (unpaired) electrons. The molecule has 13 rings (SSSR count). The molecule has 3 nitrogen and oxygen atoms in total. The zero-order valence-corrected chi connectivity index (χ0v) is 40.8. The standard InChI is InChI=1S/C60H46B7N3/c61-52-49(37-23-28-46-43(30-37)42-27-22-36(34-14-6-2-7-15-34)31-48(42)69(46)39-24-20-35(21-25-39)33-12-4-1-5-13-33)53(62)57(66)59-50(52)51-54(63)55(64)56(65)58(67)60(51)70(59)40-26-29-47-44(32-40)41-18-10-11-19-45(41)68(47)38-16-8-3-9-17-38/h1-32H,61-67H2. The van der Waals surface area contributed by atoms with Crippen LogP contribution in [0.2, 0.25) is 0 Å². The first-order valence-corrected chi connectivity index (χ1v) is 24.6. The first-order chi connectivity index (χ1) is 34.2. The van der Waals surface area contributed by atoms with Gasteiger partial charge in [0.15, 0.2) is 0 Å². The van der Waals surface area contributed by atoms with Crippen LogP contribution in [0.25, 0.3) is 116 Å². The lowest BCUT2D eigenvalue weighted by Gasteiger charge is -2.19. The lowest BCUT2D eigenvalue weighted by molar-refractivity contribution is 1.17. The quantitative estimate of drug-likeness (QED) is 0.226. The van der Waals surface area contributed by atoms with E-state index in [9.17, 15) is 0 Å². The minimum absolute atomic E-state index is 1.15. The van der Waals surface area contributed by atoms with E-state index in [2.05, 4.69) is 263 Å². The first kappa shape index (κ1) is 42.2. The fourth-order valence-corrected chi connectivity index (χ4v) is 12.1. The fraction of sp³-hybridized carbons (Fsp3) is 0. The lowest BCUT2D eigenvalue weighted by Crippen LogP contribution is -2.48. The van der Waals surface area contributed by atoms with Gasteiger partial charge in [0, 0.05) is 55.0 Å². The van der Waals surface area contributed by atoms with Gasteiger partial charge in [0.2, 0.25) is 0 Å². The van der Waals surface area contributed by atoms with E-state index < -0.39 is 0 Å². The highest BCUT2D eigenvalue weighted by molar-refractivity contribution is 6.69. The second kappa shape index (κ2) is 16.1. The molecular formula is C60H46B7N3. The van der Waals surface area contributed by atoms with E-state index in [1.54, 1.807) is 0 Å². The molecule has 0 spiro atoms. The smallest absolute Gasteiger partial charge is 0.141 e. The van der Waals surface area contributed by atoms with Gasteiger partial charge in [-0.2, -0.15) is 0 Å². The number of para-hydroxylation sites is 2. The van der Waals surface area contributed by atoms with Crippen molar-refractivity contribution in [3.05, 3.63) is 194 Å². The highest BCUT2D eigenvalue weighted by Crippen LogP contribution is 2.39. The Bertz CT molecular complexity index is 4290. The number of hydrogen-bond acceptors (Lipinski definition) is 0. The van der Waals surface area contributed by atoms with E-state index >= 15 is 0 Å². The molecular weight excluding hydrogens is 838 g/mol. The third-order valence-corrected chi connectivity index (χ3v) is 16.0. The Balaban J connectivity index is 1.05. The SMILES string of the molecule is Bc1c(B)c(B)c2c(c1B)c1c(B)c(-c3ccc4c(c3)c3ccc(-c5ccccc5)cc3n4-c3ccc(-c4ccccc4)cc3)c(B)c(B)c1n2-c1ccc2c(c1)c1ccccc1n2-c1ccccc1. The molecule has 70 heavy (non-hydrogen) atoms. The number of nitrogens with zero attached hydrogens (tertiary/aromatic N) is 3. The number of benzene rings is 10. The summed E-state index contributed by atoms with van der Waals surface area (Å²) in [6.45, 7) is 0. The van der Waals surface area contributed by atoms with Crippen molar-refractivity contribution in [1.82, 2.24) is 13.7 Å². The summed E-state index contributed by atoms with van der Waals surface area (Å²) in [4.78, 5) is 0. The van der Waals surface area contributed by atoms with Crippen molar-refractivity contribution in [2.24, 2.45) is 0 Å². The number of rotatable bonds is 6. The van der Waals surface area contributed by atoms with Crippen LogP contribution in [0.5, 0.6) is 0 Å². The van der Waals surface area contributed by atoms with E-state index in [1.165, 1.54) is 148 Å².